The van der Waals surface area contributed by atoms with E-state index in [2.05, 4.69) is 10.0 Å². The average molecular weight is 360 g/mol. The first-order valence-electron chi connectivity index (χ1n) is 7.52. The summed E-state index contributed by atoms with van der Waals surface area (Å²) in [5, 5.41) is 2.03. The summed E-state index contributed by atoms with van der Waals surface area (Å²) >= 11 is 0. The van der Waals surface area contributed by atoms with Crippen LogP contribution in [-0.4, -0.2) is 38.8 Å². The highest BCUT2D eigenvalue weighted by molar-refractivity contribution is 7.90. The van der Waals surface area contributed by atoms with E-state index < -0.39 is 27.8 Å². The molecule has 0 bridgehead atoms. The first kappa shape index (κ1) is 20.2. The number of sulfonamides is 1. The number of nitrogens with one attached hydrogen (secondary N) is 2. The van der Waals surface area contributed by atoms with Crippen LogP contribution in [0.2, 0.25) is 0 Å². The molecule has 1 amide bonds. The smallest absolute Gasteiger partial charge is 0.251 e. The van der Waals surface area contributed by atoms with Crippen molar-refractivity contribution in [1.82, 2.24) is 10.0 Å². The zero-order chi connectivity index (χ0) is 18.2. The number of hydrogen-bond donors (Lipinski definition) is 2. The second kappa shape index (κ2) is 9.48. The van der Waals surface area contributed by atoms with Gasteiger partial charge in [0.15, 0.2) is 0 Å². The van der Waals surface area contributed by atoms with E-state index in [9.17, 15) is 22.0 Å². The Labute approximate surface area is 141 Å². The van der Waals surface area contributed by atoms with E-state index in [1.165, 1.54) is 6.08 Å². The standard InChI is InChI=1S/C16H22F2N2O3S/c1-12(2)24(22,23)20-15-7-5-13(6-8-15)16(21)19-11-3-4-14(18)9-10-17/h3-7,9,12,15,20H,8,10-11H2,1-2H3,(H,19,21)/b4-3-,14-9+. The SMILES string of the molecule is CC(C)S(=O)(=O)NC1C=CC(C(=O)NC/C=C\C(F)=C/CF)=CC1. The topological polar surface area (TPSA) is 75.3 Å². The molecule has 0 aromatic heterocycles. The predicted octanol–water partition coefficient (Wildman–Crippen LogP) is 2.06. The van der Waals surface area contributed by atoms with Crippen LogP contribution in [0.25, 0.3) is 0 Å². The van der Waals surface area contributed by atoms with Gasteiger partial charge in [-0.1, -0.05) is 24.3 Å². The molecule has 24 heavy (non-hydrogen) atoms. The normalized spacial score (nSPS) is 19.0. The van der Waals surface area contributed by atoms with Gasteiger partial charge in [-0.05, 0) is 32.4 Å². The van der Waals surface area contributed by atoms with Crippen molar-refractivity contribution in [1.29, 1.82) is 0 Å². The number of alkyl halides is 1. The summed E-state index contributed by atoms with van der Waals surface area (Å²) in [4.78, 5) is 11.9. The Morgan fingerprint density at radius 2 is 2.17 bits per heavy atom. The average Bonchev–Trinajstić information content (AvgIpc) is 2.52. The zero-order valence-corrected chi connectivity index (χ0v) is 14.4. The number of carbonyl (C=O) groups is 1. The summed E-state index contributed by atoms with van der Waals surface area (Å²) in [5.74, 6) is -1.06. The minimum atomic E-state index is -3.37. The molecule has 0 aromatic rings. The van der Waals surface area contributed by atoms with E-state index in [4.69, 9.17) is 0 Å². The third-order valence-corrected chi connectivity index (χ3v) is 5.10. The van der Waals surface area contributed by atoms with Crippen LogP contribution in [0, 0.1) is 0 Å². The van der Waals surface area contributed by atoms with Gasteiger partial charge in [0.2, 0.25) is 10.0 Å². The lowest BCUT2D eigenvalue weighted by molar-refractivity contribution is -0.117. The monoisotopic (exact) mass is 360 g/mol. The van der Waals surface area contributed by atoms with Gasteiger partial charge in [-0.15, -0.1) is 0 Å². The Kier molecular flexibility index (Phi) is 8.00. The lowest BCUT2D eigenvalue weighted by atomic mass is 10.0. The van der Waals surface area contributed by atoms with Crippen LogP contribution in [0.4, 0.5) is 8.78 Å². The molecule has 0 fully saturated rings. The second-order valence-corrected chi connectivity index (χ2v) is 7.70. The van der Waals surface area contributed by atoms with E-state index in [1.807, 2.05) is 0 Å². The van der Waals surface area contributed by atoms with Crippen LogP contribution in [0.3, 0.4) is 0 Å². The largest absolute Gasteiger partial charge is 0.349 e. The van der Waals surface area contributed by atoms with Crippen molar-refractivity contribution in [2.45, 2.75) is 31.6 Å². The van der Waals surface area contributed by atoms with Gasteiger partial charge in [0, 0.05) is 18.2 Å². The molecule has 0 aliphatic heterocycles. The van der Waals surface area contributed by atoms with Crippen molar-refractivity contribution >= 4 is 15.9 Å². The summed E-state index contributed by atoms with van der Waals surface area (Å²) in [5.41, 5.74) is 0.406. The molecule has 5 nitrogen and oxygen atoms in total. The summed E-state index contributed by atoms with van der Waals surface area (Å²) < 4.78 is 50.8. The highest BCUT2D eigenvalue weighted by atomic mass is 32.2. The molecule has 0 radical (unpaired) electrons. The van der Waals surface area contributed by atoms with Crippen LogP contribution < -0.4 is 10.0 Å². The summed E-state index contributed by atoms with van der Waals surface area (Å²) in [6, 6.07) is -0.381. The van der Waals surface area contributed by atoms with Crippen LogP contribution in [0.1, 0.15) is 20.3 Å². The Morgan fingerprint density at radius 3 is 2.71 bits per heavy atom. The molecule has 0 heterocycles. The molecule has 0 saturated carbocycles. The van der Waals surface area contributed by atoms with Crippen molar-refractivity contribution in [3.8, 4) is 0 Å². The van der Waals surface area contributed by atoms with Gasteiger partial charge in [-0.3, -0.25) is 4.79 Å². The molecule has 0 aromatic carbocycles. The van der Waals surface area contributed by atoms with Gasteiger partial charge in [0.1, 0.15) is 12.5 Å². The Morgan fingerprint density at radius 1 is 1.46 bits per heavy atom. The van der Waals surface area contributed by atoms with E-state index in [0.29, 0.717) is 12.0 Å². The number of halogens is 2. The highest BCUT2D eigenvalue weighted by Gasteiger charge is 2.21. The quantitative estimate of drug-likeness (QED) is 0.651. The molecule has 1 unspecified atom stereocenters. The predicted molar refractivity (Wildman–Crippen MR) is 90.1 cm³/mol. The van der Waals surface area contributed by atoms with Crippen LogP contribution in [0.15, 0.2) is 47.9 Å². The van der Waals surface area contributed by atoms with Gasteiger partial charge >= 0.3 is 0 Å². The number of hydrogen-bond acceptors (Lipinski definition) is 3. The van der Waals surface area contributed by atoms with Crippen molar-refractivity contribution in [2.75, 3.05) is 13.2 Å². The van der Waals surface area contributed by atoms with Crippen molar-refractivity contribution in [3.63, 3.8) is 0 Å². The second-order valence-electron chi connectivity index (χ2n) is 5.43. The minimum absolute atomic E-state index is 0.0982. The minimum Gasteiger partial charge on any atom is -0.349 e. The maximum Gasteiger partial charge on any atom is 0.251 e. The van der Waals surface area contributed by atoms with Gasteiger partial charge < -0.3 is 5.32 Å². The summed E-state index contributed by atoms with van der Waals surface area (Å²) in [6.07, 6.45) is 8.38. The van der Waals surface area contributed by atoms with Crippen molar-refractivity contribution in [3.05, 3.63) is 47.9 Å². The first-order valence-corrected chi connectivity index (χ1v) is 9.06. The van der Waals surface area contributed by atoms with Crippen LogP contribution in [-0.2, 0) is 14.8 Å². The van der Waals surface area contributed by atoms with Crippen molar-refractivity contribution in [2.24, 2.45) is 0 Å². The Hall–Kier alpha value is -1.80. The van der Waals surface area contributed by atoms with Gasteiger partial charge in [0.05, 0.1) is 5.25 Å². The molecular weight excluding hydrogens is 338 g/mol. The third-order valence-electron chi connectivity index (χ3n) is 3.23. The lowest BCUT2D eigenvalue weighted by Gasteiger charge is -2.19. The van der Waals surface area contributed by atoms with Gasteiger partial charge in [-0.25, -0.2) is 21.9 Å². The maximum absolute atomic E-state index is 12.9. The lowest BCUT2D eigenvalue weighted by Crippen LogP contribution is -2.38. The highest BCUT2D eigenvalue weighted by Crippen LogP contribution is 2.12. The van der Waals surface area contributed by atoms with Crippen molar-refractivity contribution < 1.29 is 22.0 Å². The van der Waals surface area contributed by atoms with Crippen LogP contribution >= 0.6 is 0 Å². The molecule has 1 rings (SSSR count). The third kappa shape index (κ3) is 6.76. The fourth-order valence-corrected chi connectivity index (χ4v) is 2.66. The molecule has 134 valence electrons. The molecular formula is C16H22F2N2O3S. The fraction of sp³-hybridized carbons (Fsp3) is 0.438. The summed E-state index contributed by atoms with van der Waals surface area (Å²) in [6.45, 7) is 2.38. The van der Waals surface area contributed by atoms with E-state index in [0.717, 1.165) is 12.2 Å². The van der Waals surface area contributed by atoms with Gasteiger partial charge in [-0.2, -0.15) is 0 Å². The molecule has 1 atom stereocenters. The number of amides is 1. The zero-order valence-electron chi connectivity index (χ0n) is 13.6. The molecule has 8 heteroatoms. The van der Waals surface area contributed by atoms with E-state index in [1.54, 1.807) is 32.1 Å². The molecule has 0 spiro atoms. The number of allylic oxidation sites excluding steroid dienone is 3. The Balaban J connectivity index is 2.47. The maximum atomic E-state index is 12.9. The fourth-order valence-electron chi connectivity index (χ4n) is 1.79. The van der Waals surface area contributed by atoms with Crippen LogP contribution in [0.5, 0.6) is 0 Å². The first-order chi connectivity index (χ1) is 11.3. The number of rotatable bonds is 8. The molecule has 1 aliphatic rings. The summed E-state index contributed by atoms with van der Waals surface area (Å²) in [7, 11) is -3.37. The Bertz CT molecular complexity index is 665. The van der Waals surface area contributed by atoms with E-state index in [-0.39, 0.29) is 18.5 Å². The number of carbonyl (C=O) groups excluding carboxylic acids is 1. The molecule has 1 aliphatic carbocycles. The molecule has 0 saturated heterocycles. The van der Waals surface area contributed by atoms with E-state index >= 15 is 0 Å². The van der Waals surface area contributed by atoms with Gasteiger partial charge in [0.25, 0.3) is 5.91 Å². The molecule has 2 N–H and O–H groups in total.